The zero-order valence-electron chi connectivity index (χ0n) is 7.56. The van der Waals surface area contributed by atoms with Gasteiger partial charge in [-0.3, -0.25) is 0 Å². The van der Waals surface area contributed by atoms with Crippen LogP contribution < -0.4 is 5.73 Å². The Morgan fingerprint density at radius 3 is 2.85 bits per heavy atom. The molecule has 13 heavy (non-hydrogen) atoms. The summed E-state index contributed by atoms with van der Waals surface area (Å²) < 4.78 is 12.8. The van der Waals surface area contributed by atoms with Gasteiger partial charge in [-0.15, -0.1) is 0 Å². The van der Waals surface area contributed by atoms with Crippen molar-refractivity contribution in [2.45, 2.75) is 13.3 Å². The number of benzene rings is 1. The van der Waals surface area contributed by atoms with Crippen molar-refractivity contribution in [1.29, 1.82) is 0 Å². The van der Waals surface area contributed by atoms with E-state index >= 15 is 0 Å². The van der Waals surface area contributed by atoms with Gasteiger partial charge in [-0.05, 0) is 42.6 Å². The average molecular weight is 202 g/mol. The molecule has 1 rings (SSSR count). The summed E-state index contributed by atoms with van der Waals surface area (Å²) in [5.41, 5.74) is 6.30. The molecule has 0 aliphatic heterocycles. The van der Waals surface area contributed by atoms with Crippen molar-refractivity contribution in [3.05, 3.63) is 34.6 Å². The van der Waals surface area contributed by atoms with Gasteiger partial charge in [-0.25, -0.2) is 4.39 Å². The molecule has 0 saturated heterocycles. The molecule has 0 aliphatic carbocycles. The first-order chi connectivity index (χ1) is 6.13. The molecule has 0 aliphatic rings. The van der Waals surface area contributed by atoms with Crippen LogP contribution in [0, 0.1) is 11.7 Å². The van der Waals surface area contributed by atoms with E-state index in [0.29, 0.717) is 17.5 Å². The van der Waals surface area contributed by atoms with Crippen LogP contribution in [0.1, 0.15) is 12.5 Å². The fourth-order valence-corrected chi connectivity index (χ4v) is 1.35. The molecule has 1 aromatic carbocycles. The highest BCUT2D eigenvalue weighted by Crippen LogP contribution is 2.19. The first kappa shape index (κ1) is 10.5. The first-order valence-corrected chi connectivity index (χ1v) is 4.65. The quantitative estimate of drug-likeness (QED) is 0.800. The van der Waals surface area contributed by atoms with E-state index in [1.807, 2.05) is 6.92 Å². The van der Waals surface area contributed by atoms with Crippen LogP contribution in [0.2, 0.25) is 5.02 Å². The molecule has 2 N–H and O–H groups in total. The number of rotatable bonds is 3. The SMILES string of the molecule is CC(CN)Cc1cc(F)ccc1Cl. The van der Waals surface area contributed by atoms with Gasteiger partial charge in [0.2, 0.25) is 0 Å². The molecule has 0 radical (unpaired) electrons. The molecule has 0 bridgehead atoms. The van der Waals surface area contributed by atoms with E-state index in [1.54, 1.807) is 6.07 Å². The largest absolute Gasteiger partial charge is 0.330 e. The van der Waals surface area contributed by atoms with Crippen LogP contribution in [0.4, 0.5) is 4.39 Å². The van der Waals surface area contributed by atoms with Crippen LogP contribution in [-0.4, -0.2) is 6.54 Å². The van der Waals surface area contributed by atoms with E-state index in [9.17, 15) is 4.39 Å². The van der Waals surface area contributed by atoms with Gasteiger partial charge in [-0.2, -0.15) is 0 Å². The Morgan fingerprint density at radius 2 is 2.23 bits per heavy atom. The second-order valence-corrected chi connectivity index (χ2v) is 3.69. The van der Waals surface area contributed by atoms with Crippen LogP contribution in [0.25, 0.3) is 0 Å². The maximum absolute atomic E-state index is 12.8. The maximum atomic E-state index is 12.8. The third kappa shape index (κ3) is 2.98. The van der Waals surface area contributed by atoms with Gasteiger partial charge in [0.15, 0.2) is 0 Å². The van der Waals surface area contributed by atoms with Gasteiger partial charge in [0.1, 0.15) is 5.82 Å². The summed E-state index contributed by atoms with van der Waals surface area (Å²) in [6.45, 7) is 2.61. The normalized spacial score (nSPS) is 12.9. The van der Waals surface area contributed by atoms with Crippen molar-refractivity contribution in [2.24, 2.45) is 11.7 Å². The van der Waals surface area contributed by atoms with E-state index in [2.05, 4.69) is 0 Å². The minimum Gasteiger partial charge on any atom is -0.330 e. The van der Waals surface area contributed by atoms with Crippen LogP contribution >= 0.6 is 11.6 Å². The second-order valence-electron chi connectivity index (χ2n) is 3.28. The van der Waals surface area contributed by atoms with Gasteiger partial charge < -0.3 is 5.73 Å². The van der Waals surface area contributed by atoms with Crippen molar-refractivity contribution in [2.75, 3.05) is 6.54 Å². The molecule has 1 atom stereocenters. The highest BCUT2D eigenvalue weighted by atomic mass is 35.5. The molecule has 1 nitrogen and oxygen atoms in total. The lowest BCUT2D eigenvalue weighted by atomic mass is 10.0. The van der Waals surface area contributed by atoms with Crippen molar-refractivity contribution < 1.29 is 4.39 Å². The van der Waals surface area contributed by atoms with Gasteiger partial charge >= 0.3 is 0 Å². The first-order valence-electron chi connectivity index (χ1n) is 4.27. The highest BCUT2D eigenvalue weighted by molar-refractivity contribution is 6.31. The van der Waals surface area contributed by atoms with Crippen LogP contribution in [0.15, 0.2) is 18.2 Å². The Hall–Kier alpha value is -0.600. The molecule has 0 saturated carbocycles. The Kier molecular flexibility index (Phi) is 3.70. The molecule has 72 valence electrons. The summed E-state index contributed by atoms with van der Waals surface area (Å²) in [5, 5.41) is 0.613. The summed E-state index contributed by atoms with van der Waals surface area (Å²) >= 11 is 5.89. The van der Waals surface area contributed by atoms with Crippen LogP contribution in [0.5, 0.6) is 0 Å². The molecule has 1 unspecified atom stereocenters. The summed E-state index contributed by atoms with van der Waals surface area (Å²) in [7, 11) is 0. The topological polar surface area (TPSA) is 26.0 Å². The molecule has 0 heterocycles. The average Bonchev–Trinajstić information content (AvgIpc) is 2.11. The molecule has 0 amide bonds. The van der Waals surface area contributed by atoms with Gasteiger partial charge in [0, 0.05) is 5.02 Å². The van der Waals surface area contributed by atoms with Gasteiger partial charge in [0.05, 0.1) is 0 Å². The minimum absolute atomic E-state index is 0.247. The highest BCUT2D eigenvalue weighted by Gasteiger charge is 2.06. The maximum Gasteiger partial charge on any atom is 0.123 e. The number of hydrogen-bond donors (Lipinski definition) is 1. The number of halogens is 2. The fourth-order valence-electron chi connectivity index (χ4n) is 1.16. The van der Waals surface area contributed by atoms with Crippen LogP contribution in [-0.2, 0) is 6.42 Å². The Morgan fingerprint density at radius 1 is 1.54 bits per heavy atom. The zero-order valence-corrected chi connectivity index (χ0v) is 8.31. The molecule has 0 fully saturated rings. The molecule has 0 spiro atoms. The monoisotopic (exact) mass is 201 g/mol. The lowest BCUT2D eigenvalue weighted by Gasteiger charge is -2.09. The molecule has 0 aromatic heterocycles. The van der Waals surface area contributed by atoms with Gasteiger partial charge in [-0.1, -0.05) is 18.5 Å². The number of hydrogen-bond acceptors (Lipinski definition) is 1. The van der Waals surface area contributed by atoms with Crippen molar-refractivity contribution in [3.8, 4) is 0 Å². The summed E-state index contributed by atoms with van der Waals surface area (Å²) in [5.74, 6) is 0.0860. The van der Waals surface area contributed by atoms with Crippen molar-refractivity contribution in [3.63, 3.8) is 0 Å². The Balaban J connectivity index is 2.81. The Labute approximate surface area is 82.7 Å². The van der Waals surface area contributed by atoms with Crippen LogP contribution in [0.3, 0.4) is 0 Å². The zero-order chi connectivity index (χ0) is 9.84. The summed E-state index contributed by atoms with van der Waals surface area (Å²) in [6, 6.07) is 4.41. The Bertz CT molecular complexity index is 288. The fraction of sp³-hybridized carbons (Fsp3) is 0.400. The second kappa shape index (κ2) is 4.58. The van der Waals surface area contributed by atoms with Gasteiger partial charge in [0.25, 0.3) is 0 Å². The third-order valence-electron chi connectivity index (χ3n) is 1.98. The smallest absolute Gasteiger partial charge is 0.123 e. The molecule has 3 heteroatoms. The van der Waals surface area contributed by atoms with E-state index in [-0.39, 0.29) is 5.82 Å². The van der Waals surface area contributed by atoms with E-state index in [4.69, 9.17) is 17.3 Å². The molecular weight excluding hydrogens is 189 g/mol. The molecule has 1 aromatic rings. The molecular formula is C10H13ClFN. The lowest BCUT2D eigenvalue weighted by molar-refractivity contribution is 0.584. The predicted octanol–water partition coefficient (Wildman–Crippen LogP) is 2.62. The van der Waals surface area contributed by atoms with E-state index in [1.165, 1.54) is 12.1 Å². The number of nitrogens with two attached hydrogens (primary N) is 1. The van der Waals surface area contributed by atoms with E-state index < -0.39 is 0 Å². The van der Waals surface area contributed by atoms with E-state index in [0.717, 1.165) is 12.0 Å². The van der Waals surface area contributed by atoms with Crippen molar-refractivity contribution in [1.82, 2.24) is 0 Å². The summed E-state index contributed by atoms with van der Waals surface area (Å²) in [6.07, 6.45) is 0.729. The summed E-state index contributed by atoms with van der Waals surface area (Å²) in [4.78, 5) is 0. The predicted molar refractivity (Wildman–Crippen MR) is 53.3 cm³/mol. The lowest BCUT2D eigenvalue weighted by Crippen LogP contribution is -2.13. The van der Waals surface area contributed by atoms with Crippen molar-refractivity contribution >= 4 is 11.6 Å². The third-order valence-corrected chi connectivity index (χ3v) is 2.35. The minimum atomic E-state index is -0.247. The standard InChI is InChI=1S/C10H13ClFN/c1-7(6-13)4-8-5-9(12)2-3-10(8)11/h2-3,5,7H,4,6,13H2,1H3.